The second-order valence-electron chi connectivity index (χ2n) is 9.05. The number of rotatable bonds is 11. The highest BCUT2D eigenvalue weighted by molar-refractivity contribution is 6.30. The summed E-state index contributed by atoms with van der Waals surface area (Å²) in [6.07, 6.45) is 7.04. The Morgan fingerprint density at radius 2 is 1.68 bits per heavy atom. The van der Waals surface area contributed by atoms with E-state index in [-0.39, 0.29) is 11.9 Å². The fraction of sp³-hybridized carbons (Fsp3) is 0.448. The maximum absolute atomic E-state index is 15.2. The standard InChI is InChI=1S/C29H34ClFO3/c1-2-3-4-5-6-17-32-26-19-33-29(34-20-26)24-13-16-27-23(18-24)12-11-22(28(27)31)10-7-21-8-14-25(30)15-9-21/h8-9,11-16,18,26,29H,2-7,10,17,19-20H2,1H3. The largest absolute Gasteiger partial charge is 0.373 e. The van der Waals surface area contributed by atoms with Crippen molar-refractivity contribution in [2.45, 2.75) is 64.3 Å². The molecule has 1 aliphatic heterocycles. The van der Waals surface area contributed by atoms with E-state index in [2.05, 4.69) is 6.92 Å². The Kier molecular flexibility index (Phi) is 9.34. The van der Waals surface area contributed by atoms with Gasteiger partial charge in [-0.3, -0.25) is 0 Å². The van der Waals surface area contributed by atoms with Gasteiger partial charge in [-0.25, -0.2) is 4.39 Å². The molecule has 182 valence electrons. The molecule has 0 aromatic heterocycles. The minimum absolute atomic E-state index is 0.0245. The van der Waals surface area contributed by atoms with Gasteiger partial charge in [0.2, 0.25) is 0 Å². The van der Waals surface area contributed by atoms with Crippen LogP contribution >= 0.6 is 11.6 Å². The molecule has 3 aromatic carbocycles. The van der Waals surface area contributed by atoms with Crippen LogP contribution in [0.25, 0.3) is 10.8 Å². The highest BCUT2D eigenvalue weighted by Gasteiger charge is 2.24. The maximum Gasteiger partial charge on any atom is 0.184 e. The summed E-state index contributed by atoms with van der Waals surface area (Å²) in [6.45, 7) is 3.99. The van der Waals surface area contributed by atoms with Crippen molar-refractivity contribution >= 4 is 22.4 Å². The van der Waals surface area contributed by atoms with Gasteiger partial charge in [0.05, 0.1) is 13.2 Å². The fourth-order valence-corrected chi connectivity index (χ4v) is 4.48. The van der Waals surface area contributed by atoms with Gasteiger partial charge in [0.15, 0.2) is 6.29 Å². The van der Waals surface area contributed by atoms with E-state index in [9.17, 15) is 0 Å². The second-order valence-corrected chi connectivity index (χ2v) is 9.49. The minimum atomic E-state index is -0.443. The molecule has 5 heteroatoms. The van der Waals surface area contributed by atoms with Crippen LogP contribution in [0, 0.1) is 5.82 Å². The van der Waals surface area contributed by atoms with Gasteiger partial charge in [0, 0.05) is 22.6 Å². The van der Waals surface area contributed by atoms with E-state index in [4.69, 9.17) is 25.8 Å². The zero-order valence-corrected chi connectivity index (χ0v) is 20.7. The van der Waals surface area contributed by atoms with Crippen molar-refractivity contribution in [1.82, 2.24) is 0 Å². The molecule has 0 unspecified atom stereocenters. The van der Waals surface area contributed by atoms with Crippen LogP contribution in [0.2, 0.25) is 5.02 Å². The molecule has 0 radical (unpaired) electrons. The maximum atomic E-state index is 15.2. The predicted octanol–water partition coefficient (Wildman–Crippen LogP) is 7.82. The van der Waals surface area contributed by atoms with Crippen molar-refractivity contribution in [3.05, 3.63) is 82.1 Å². The first kappa shape index (κ1) is 25.1. The van der Waals surface area contributed by atoms with Crippen molar-refractivity contribution in [3.8, 4) is 0 Å². The molecule has 1 saturated heterocycles. The number of halogens is 2. The van der Waals surface area contributed by atoms with Gasteiger partial charge in [-0.2, -0.15) is 0 Å². The highest BCUT2D eigenvalue weighted by atomic mass is 35.5. The molecule has 4 rings (SSSR count). The monoisotopic (exact) mass is 484 g/mol. The third-order valence-electron chi connectivity index (χ3n) is 6.39. The molecule has 0 amide bonds. The van der Waals surface area contributed by atoms with E-state index < -0.39 is 6.29 Å². The molecule has 0 spiro atoms. The van der Waals surface area contributed by atoms with Gasteiger partial charge in [-0.15, -0.1) is 0 Å². The lowest BCUT2D eigenvalue weighted by atomic mass is 9.99. The fourth-order valence-electron chi connectivity index (χ4n) is 4.36. The zero-order valence-electron chi connectivity index (χ0n) is 19.9. The summed E-state index contributed by atoms with van der Waals surface area (Å²) in [7, 11) is 0. The summed E-state index contributed by atoms with van der Waals surface area (Å²) in [5.41, 5.74) is 2.76. The normalized spacial score (nSPS) is 18.4. The van der Waals surface area contributed by atoms with Crippen LogP contribution in [0.15, 0.2) is 54.6 Å². The molecule has 0 aliphatic carbocycles. The average molecular weight is 485 g/mol. The summed E-state index contributed by atoms with van der Waals surface area (Å²) >= 11 is 5.95. The van der Waals surface area contributed by atoms with E-state index in [1.165, 1.54) is 25.7 Å². The Balaban J connectivity index is 1.30. The van der Waals surface area contributed by atoms with Gasteiger partial charge >= 0.3 is 0 Å². The van der Waals surface area contributed by atoms with Gasteiger partial charge in [0.1, 0.15) is 11.9 Å². The lowest BCUT2D eigenvalue weighted by Crippen LogP contribution is -2.33. The quantitative estimate of drug-likeness (QED) is 0.260. The first-order valence-corrected chi connectivity index (χ1v) is 12.8. The van der Waals surface area contributed by atoms with Gasteiger partial charge < -0.3 is 14.2 Å². The lowest BCUT2D eigenvalue weighted by molar-refractivity contribution is -0.230. The van der Waals surface area contributed by atoms with E-state index in [1.54, 1.807) is 0 Å². The molecular weight excluding hydrogens is 451 g/mol. The van der Waals surface area contributed by atoms with E-state index in [1.807, 2.05) is 54.6 Å². The Hall–Kier alpha value is -1.98. The molecular formula is C29H34ClFO3. The Bertz CT molecular complexity index is 1050. The van der Waals surface area contributed by atoms with Crippen molar-refractivity contribution in [2.24, 2.45) is 0 Å². The van der Waals surface area contributed by atoms with Crippen molar-refractivity contribution in [3.63, 3.8) is 0 Å². The molecule has 3 aromatic rings. The predicted molar refractivity (Wildman–Crippen MR) is 136 cm³/mol. The van der Waals surface area contributed by atoms with Crippen LogP contribution in [-0.2, 0) is 27.1 Å². The van der Waals surface area contributed by atoms with E-state index in [0.29, 0.717) is 30.0 Å². The highest BCUT2D eigenvalue weighted by Crippen LogP contribution is 2.29. The van der Waals surface area contributed by atoms with Crippen molar-refractivity contribution in [1.29, 1.82) is 0 Å². The molecule has 1 aliphatic rings. The molecule has 0 saturated carbocycles. The van der Waals surface area contributed by atoms with E-state index in [0.717, 1.165) is 41.5 Å². The summed E-state index contributed by atoms with van der Waals surface area (Å²) in [6, 6.07) is 17.3. The van der Waals surface area contributed by atoms with Crippen LogP contribution in [0.1, 0.15) is 62.0 Å². The summed E-state index contributed by atoms with van der Waals surface area (Å²) in [5, 5.41) is 2.18. The van der Waals surface area contributed by atoms with E-state index >= 15 is 4.39 Å². The minimum Gasteiger partial charge on any atom is -0.373 e. The molecule has 0 N–H and O–H groups in total. The Morgan fingerprint density at radius 3 is 2.44 bits per heavy atom. The van der Waals surface area contributed by atoms with Crippen molar-refractivity contribution in [2.75, 3.05) is 19.8 Å². The lowest BCUT2D eigenvalue weighted by Gasteiger charge is -2.29. The molecule has 3 nitrogen and oxygen atoms in total. The Labute approximate surface area is 207 Å². The van der Waals surface area contributed by atoms with Crippen molar-refractivity contribution < 1.29 is 18.6 Å². The number of benzene rings is 3. The Morgan fingerprint density at radius 1 is 0.912 bits per heavy atom. The zero-order chi connectivity index (χ0) is 23.8. The third kappa shape index (κ3) is 6.79. The third-order valence-corrected chi connectivity index (χ3v) is 6.65. The summed E-state index contributed by atoms with van der Waals surface area (Å²) in [5.74, 6) is -0.157. The number of unbranched alkanes of at least 4 members (excludes halogenated alkanes) is 4. The van der Waals surface area contributed by atoms with Crippen LogP contribution in [-0.4, -0.2) is 25.9 Å². The van der Waals surface area contributed by atoms with Gasteiger partial charge in [-0.05, 0) is 54.0 Å². The second kappa shape index (κ2) is 12.6. The smallest absolute Gasteiger partial charge is 0.184 e. The molecule has 0 bridgehead atoms. The molecule has 1 heterocycles. The van der Waals surface area contributed by atoms with Gasteiger partial charge in [0.25, 0.3) is 0 Å². The number of hydrogen-bond donors (Lipinski definition) is 0. The summed E-state index contributed by atoms with van der Waals surface area (Å²) < 4.78 is 32.9. The summed E-state index contributed by atoms with van der Waals surface area (Å²) in [4.78, 5) is 0. The number of hydrogen-bond acceptors (Lipinski definition) is 3. The first-order chi connectivity index (χ1) is 16.6. The molecule has 1 fully saturated rings. The number of aryl methyl sites for hydroxylation is 2. The number of fused-ring (bicyclic) bond motifs is 1. The molecule has 34 heavy (non-hydrogen) atoms. The average Bonchev–Trinajstić information content (AvgIpc) is 2.87. The molecule has 0 atom stereocenters. The van der Waals surface area contributed by atoms with Crippen LogP contribution in [0.5, 0.6) is 0 Å². The first-order valence-electron chi connectivity index (χ1n) is 12.4. The number of ether oxygens (including phenoxy) is 3. The SMILES string of the molecule is CCCCCCCOC1COC(c2ccc3c(F)c(CCc4ccc(Cl)cc4)ccc3c2)OC1. The van der Waals surface area contributed by atoms with Crippen LogP contribution in [0.3, 0.4) is 0 Å². The van der Waals surface area contributed by atoms with Gasteiger partial charge in [-0.1, -0.05) is 80.6 Å². The van der Waals surface area contributed by atoms with Crippen LogP contribution < -0.4 is 0 Å². The topological polar surface area (TPSA) is 27.7 Å². The van der Waals surface area contributed by atoms with Crippen LogP contribution in [0.4, 0.5) is 4.39 Å².